The molecule has 0 saturated carbocycles. The van der Waals surface area contributed by atoms with Crippen molar-refractivity contribution in [2.75, 3.05) is 0 Å². The van der Waals surface area contributed by atoms with Crippen LogP contribution in [0.4, 0.5) is 0 Å². The van der Waals surface area contributed by atoms with E-state index in [-0.39, 0.29) is 0 Å². The zero-order valence-corrected chi connectivity index (χ0v) is 9.55. The minimum atomic E-state index is 1.12. The van der Waals surface area contributed by atoms with E-state index in [4.69, 9.17) is 0 Å². The molecule has 0 radical (unpaired) electrons. The second kappa shape index (κ2) is 6.50. The van der Waals surface area contributed by atoms with Crippen molar-refractivity contribution in [3.05, 3.63) is 58.4 Å². The molecule has 1 heteroatoms. The maximum absolute atomic E-state index is 2.14. The fraction of sp³-hybridized carbons (Fsp3) is 0.231. The number of allylic oxidation sites excluding steroid dienone is 2. The smallest absolute Gasteiger partial charge is 0.0153 e. The van der Waals surface area contributed by atoms with Crippen molar-refractivity contribution >= 4 is 11.8 Å². The van der Waals surface area contributed by atoms with Crippen molar-refractivity contribution in [2.45, 2.75) is 20.3 Å². The number of thioether (sulfide) groups is 1. The summed E-state index contributed by atoms with van der Waals surface area (Å²) >= 11 is 1.73. The first-order valence-electron chi connectivity index (χ1n) is 4.78. The summed E-state index contributed by atoms with van der Waals surface area (Å²) in [5, 5.41) is 4.19. The Bertz CT molecular complexity index is 266. The third-order valence-corrected chi connectivity index (χ3v) is 2.54. The van der Waals surface area contributed by atoms with E-state index in [9.17, 15) is 0 Å². The summed E-state index contributed by atoms with van der Waals surface area (Å²) in [6, 6.07) is 8.48. The van der Waals surface area contributed by atoms with Crippen LogP contribution in [0.15, 0.2) is 47.2 Å². The van der Waals surface area contributed by atoms with Crippen LogP contribution in [0.2, 0.25) is 0 Å². The predicted octanol–water partition coefficient (Wildman–Crippen LogP) is 4.45. The SMILES string of the molecule is C1=CSC=CC1.Cc1ccc(C)cc1. The molecular formula is C13H16S. The largest absolute Gasteiger partial charge is 0.107 e. The molecular weight excluding hydrogens is 188 g/mol. The highest BCUT2D eigenvalue weighted by molar-refractivity contribution is 8.04. The number of benzene rings is 1. The van der Waals surface area contributed by atoms with Gasteiger partial charge in [0.2, 0.25) is 0 Å². The zero-order chi connectivity index (χ0) is 10.2. The second-order valence-electron chi connectivity index (χ2n) is 3.27. The highest BCUT2D eigenvalue weighted by Gasteiger charge is 1.79. The van der Waals surface area contributed by atoms with Gasteiger partial charge in [-0.3, -0.25) is 0 Å². The van der Waals surface area contributed by atoms with Crippen LogP contribution in [0.25, 0.3) is 0 Å². The summed E-state index contributed by atoms with van der Waals surface area (Å²) < 4.78 is 0. The summed E-state index contributed by atoms with van der Waals surface area (Å²) in [7, 11) is 0. The third kappa shape index (κ3) is 4.93. The molecule has 0 atom stereocenters. The standard InChI is InChI=1S/C8H10.C5H6S/c1-7-3-5-8(2)6-4-7;1-2-4-6-5-3-1/h3-6H,1-2H3;2-5H,1H2. The molecule has 2 rings (SSSR count). The van der Waals surface area contributed by atoms with Crippen molar-refractivity contribution in [2.24, 2.45) is 0 Å². The topological polar surface area (TPSA) is 0 Å². The molecule has 1 aliphatic heterocycles. The Labute approximate surface area is 90.7 Å². The van der Waals surface area contributed by atoms with E-state index in [0.29, 0.717) is 0 Å². The molecule has 1 aromatic carbocycles. The maximum atomic E-state index is 2.14. The fourth-order valence-corrected chi connectivity index (χ4v) is 1.52. The Balaban J connectivity index is 0.000000146. The van der Waals surface area contributed by atoms with E-state index in [0.717, 1.165) is 6.42 Å². The highest BCUT2D eigenvalue weighted by Crippen LogP contribution is 2.09. The fourth-order valence-electron chi connectivity index (χ4n) is 0.983. The first kappa shape index (κ1) is 11.1. The molecule has 0 N–H and O–H groups in total. The molecule has 1 aliphatic rings. The Morgan fingerprint density at radius 2 is 1.29 bits per heavy atom. The Morgan fingerprint density at radius 1 is 0.857 bits per heavy atom. The van der Waals surface area contributed by atoms with Gasteiger partial charge in [-0.25, -0.2) is 0 Å². The van der Waals surface area contributed by atoms with Crippen molar-refractivity contribution in [3.63, 3.8) is 0 Å². The lowest BCUT2D eigenvalue weighted by atomic mass is 10.2. The predicted molar refractivity (Wildman–Crippen MR) is 66.4 cm³/mol. The average Bonchev–Trinajstić information content (AvgIpc) is 2.26. The first-order valence-corrected chi connectivity index (χ1v) is 5.72. The van der Waals surface area contributed by atoms with Gasteiger partial charge in [-0.1, -0.05) is 47.5 Å². The molecule has 0 aliphatic carbocycles. The van der Waals surface area contributed by atoms with Gasteiger partial charge in [0.1, 0.15) is 0 Å². The van der Waals surface area contributed by atoms with E-state index < -0.39 is 0 Å². The summed E-state index contributed by atoms with van der Waals surface area (Å²) in [6.45, 7) is 4.19. The molecule has 1 heterocycles. The number of hydrogen-bond acceptors (Lipinski definition) is 1. The summed E-state index contributed by atoms with van der Waals surface area (Å²) in [5.74, 6) is 0. The Hall–Kier alpha value is -0.950. The van der Waals surface area contributed by atoms with E-state index >= 15 is 0 Å². The molecule has 14 heavy (non-hydrogen) atoms. The van der Waals surface area contributed by atoms with Gasteiger partial charge < -0.3 is 0 Å². The quantitative estimate of drug-likeness (QED) is 0.601. The maximum Gasteiger partial charge on any atom is -0.0153 e. The Kier molecular flexibility index (Phi) is 5.16. The molecule has 0 saturated heterocycles. The van der Waals surface area contributed by atoms with E-state index in [1.54, 1.807) is 11.8 Å². The van der Waals surface area contributed by atoms with Crippen LogP contribution in [0, 0.1) is 13.8 Å². The molecule has 0 fully saturated rings. The number of aryl methyl sites for hydroxylation is 2. The van der Waals surface area contributed by atoms with Gasteiger partial charge in [0.25, 0.3) is 0 Å². The van der Waals surface area contributed by atoms with Crippen LogP contribution < -0.4 is 0 Å². The first-order chi connectivity index (χ1) is 6.79. The minimum Gasteiger partial charge on any atom is -0.107 e. The van der Waals surface area contributed by atoms with E-state index in [1.165, 1.54) is 11.1 Å². The van der Waals surface area contributed by atoms with Crippen LogP contribution in [0.3, 0.4) is 0 Å². The lowest BCUT2D eigenvalue weighted by molar-refractivity contribution is 1.40. The van der Waals surface area contributed by atoms with Gasteiger partial charge in [-0.15, -0.1) is 11.8 Å². The van der Waals surface area contributed by atoms with Crippen molar-refractivity contribution < 1.29 is 0 Å². The van der Waals surface area contributed by atoms with E-state index in [1.807, 2.05) is 0 Å². The van der Waals surface area contributed by atoms with Crippen LogP contribution in [-0.2, 0) is 0 Å². The molecule has 0 aromatic heterocycles. The molecule has 0 nitrogen and oxygen atoms in total. The van der Waals surface area contributed by atoms with Crippen molar-refractivity contribution in [3.8, 4) is 0 Å². The van der Waals surface area contributed by atoms with Gasteiger partial charge in [0.15, 0.2) is 0 Å². The van der Waals surface area contributed by atoms with Crippen molar-refractivity contribution in [1.29, 1.82) is 0 Å². The average molecular weight is 204 g/mol. The van der Waals surface area contributed by atoms with Crippen LogP contribution in [0.1, 0.15) is 17.5 Å². The lowest BCUT2D eigenvalue weighted by Gasteiger charge is -1.90. The minimum absolute atomic E-state index is 1.12. The molecule has 0 unspecified atom stereocenters. The number of hydrogen-bond donors (Lipinski definition) is 0. The molecule has 0 amide bonds. The molecule has 74 valence electrons. The normalized spacial score (nSPS) is 13.3. The number of rotatable bonds is 0. The summed E-state index contributed by atoms with van der Waals surface area (Å²) in [5.41, 5.74) is 2.66. The molecule has 0 spiro atoms. The second-order valence-corrected chi connectivity index (χ2v) is 4.09. The van der Waals surface area contributed by atoms with Gasteiger partial charge in [0.05, 0.1) is 0 Å². The summed E-state index contributed by atoms with van der Waals surface area (Å²) in [6.07, 6.45) is 5.41. The van der Waals surface area contributed by atoms with Crippen molar-refractivity contribution in [1.82, 2.24) is 0 Å². The van der Waals surface area contributed by atoms with Gasteiger partial charge >= 0.3 is 0 Å². The highest BCUT2D eigenvalue weighted by atomic mass is 32.2. The van der Waals surface area contributed by atoms with Crippen LogP contribution >= 0.6 is 11.8 Å². The molecule has 1 aromatic rings. The summed E-state index contributed by atoms with van der Waals surface area (Å²) in [4.78, 5) is 0. The van der Waals surface area contributed by atoms with Crippen LogP contribution in [0.5, 0.6) is 0 Å². The monoisotopic (exact) mass is 204 g/mol. The lowest BCUT2D eigenvalue weighted by Crippen LogP contribution is -1.70. The molecule has 0 bridgehead atoms. The van der Waals surface area contributed by atoms with Crippen LogP contribution in [-0.4, -0.2) is 0 Å². The zero-order valence-electron chi connectivity index (χ0n) is 8.73. The van der Waals surface area contributed by atoms with Gasteiger partial charge in [-0.2, -0.15) is 0 Å². The Morgan fingerprint density at radius 3 is 1.50 bits per heavy atom. The van der Waals surface area contributed by atoms with Gasteiger partial charge in [-0.05, 0) is 31.1 Å². The van der Waals surface area contributed by atoms with E-state index in [2.05, 4.69) is 61.1 Å². The van der Waals surface area contributed by atoms with Gasteiger partial charge in [0, 0.05) is 0 Å². The third-order valence-electron chi connectivity index (χ3n) is 1.84.